The fourth-order valence-corrected chi connectivity index (χ4v) is 9.01. The summed E-state index contributed by atoms with van der Waals surface area (Å²) in [5.41, 5.74) is -0.565. The lowest BCUT2D eigenvalue weighted by Gasteiger charge is -2.60. The van der Waals surface area contributed by atoms with E-state index in [0.717, 1.165) is 37.2 Å². The van der Waals surface area contributed by atoms with Crippen molar-refractivity contribution in [2.45, 2.75) is 117 Å². The van der Waals surface area contributed by atoms with E-state index in [1.54, 1.807) is 6.08 Å². The first kappa shape index (κ1) is 25.4. The minimum Gasteiger partial charge on any atom is -0.390 e. The summed E-state index contributed by atoms with van der Waals surface area (Å²) in [6, 6.07) is 0. The summed E-state index contributed by atoms with van der Waals surface area (Å²) in [5.74, 6) is 2.41. The van der Waals surface area contributed by atoms with Gasteiger partial charge in [0.15, 0.2) is 5.78 Å². The Kier molecular flexibility index (Phi) is 6.73. The molecule has 0 aliphatic heterocycles. The van der Waals surface area contributed by atoms with Gasteiger partial charge in [0, 0.05) is 11.3 Å². The fourth-order valence-electron chi connectivity index (χ4n) is 9.01. The third-order valence-corrected chi connectivity index (χ3v) is 11.3. The number of carbonyl (C=O) groups excluding carboxylic acids is 1. The van der Waals surface area contributed by atoms with Crippen LogP contribution in [-0.2, 0) is 4.79 Å². The van der Waals surface area contributed by atoms with Crippen molar-refractivity contribution in [2.75, 3.05) is 0 Å². The summed E-state index contributed by atoms with van der Waals surface area (Å²) in [4.78, 5) is 13.3. The zero-order valence-corrected chi connectivity index (χ0v) is 21.8. The molecule has 0 heterocycles. The first-order valence-corrected chi connectivity index (χ1v) is 13.7. The molecule has 4 aliphatic rings. The normalized spacial score (nSPS) is 46.9. The van der Waals surface area contributed by atoms with E-state index in [2.05, 4.69) is 41.5 Å². The first-order valence-electron chi connectivity index (χ1n) is 13.7. The molecule has 0 saturated heterocycles. The van der Waals surface area contributed by atoms with E-state index < -0.39 is 17.8 Å². The molecule has 0 aromatic rings. The lowest BCUT2D eigenvalue weighted by Crippen LogP contribution is -2.60. The van der Waals surface area contributed by atoms with E-state index in [9.17, 15) is 20.1 Å². The number of hydrogen-bond acceptors (Lipinski definition) is 4. The summed E-state index contributed by atoms with van der Waals surface area (Å²) in [5, 5.41) is 33.1. The van der Waals surface area contributed by atoms with Crippen molar-refractivity contribution in [3.05, 3.63) is 11.6 Å². The molecule has 3 saturated carbocycles. The van der Waals surface area contributed by atoms with E-state index >= 15 is 0 Å². The molecular weight excluding hydrogens is 412 g/mol. The molecular formula is C29H48O4. The lowest BCUT2D eigenvalue weighted by atomic mass is 9.46. The Morgan fingerprint density at radius 2 is 1.73 bits per heavy atom. The molecule has 33 heavy (non-hydrogen) atoms. The molecule has 0 bridgehead atoms. The van der Waals surface area contributed by atoms with Crippen LogP contribution in [0.1, 0.15) is 99.3 Å². The van der Waals surface area contributed by atoms with Crippen LogP contribution in [0, 0.1) is 46.3 Å². The van der Waals surface area contributed by atoms with E-state index in [1.165, 1.54) is 19.3 Å². The monoisotopic (exact) mass is 460 g/mol. The second kappa shape index (κ2) is 8.75. The summed E-state index contributed by atoms with van der Waals surface area (Å²) >= 11 is 0. The zero-order valence-electron chi connectivity index (χ0n) is 21.8. The molecule has 4 nitrogen and oxygen atoms in total. The van der Waals surface area contributed by atoms with Crippen molar-refractivity contribution in [2.24, 2.45) is 46.3 Å². The van der Waals surface area contributed by atoms with Crippen molar-refractivity contribution < 1.29 is 20.1 Å². The van der Waals surface area contributed by atoms with E-state index in [1.807, 2.05) is 0 Å². The highest BCUT2D eigenvalue weighted by Crippen LogP contribution is 2.68. The summed E-state index contributed by atoms with van der Waals surface area (Å²) < 4.78 is 0. The van der Waals surface area contributed by atoms with Crippen LogP contribution in [0.15, 0.2) is 11.6 Å². The maximum absolute atomic E-state index is 13.3. The average molecular weight is 461 g/mol. The van der Waals surface area contributed by atoms with Gasteiger partial charge >= 0.3 is 0 Å². The predicted molar refractivity (Wildman–Crippen MR) is 131 cm³/mol. The molecule has 3 N–H and O–H groups in total. The fraction of sp³-hybridized carbons (Fsp3) is 0.897. The minimum atomic E-state index is -0.929. The van der Waals surface area contributed by atoms with Crippen molar-refractivity contribution >= 4 is 5.78 Å². The van der Waals surface area contributed by atoms with Crippen LogP contribution in [0.4, 0.5) is 0 Å². The van der Waals surface area contributed by atoms with Crippen LogP contribution in [-0.4, -0.2) is 38.9 Å². The molecule has 4 heteroatoms. The standard InChI is InChI=1S/C29H48O4/c1-7-19(17(2)3)9-8-18(4)20-11-13-29(33)22-14-24(30)23-15-25(31)26(32)16-27(23,5)21(22)10-12-28(20,29)6/h14,17-21,23,25-26,31-33H,7-13,15-16H2,1-6H3. The SMILES string of the molecule is CCC(CCC(C)C1CCC2(O)C3=CC(=O)C4CC(O)C(O)CC4(C)C3CCC12C)C(C)C. The zero-order chi connectivity index (χ0) is 24.3. The summed E-state index contributed by atoms with van der Waals surface area (Å²) in [7, 11) is 0. The van der Waals surface area contributed by atoms with Crippen molar-refractivity contribution in [1.29, 1.82) is 0 Å². The summed E-state index contributed by atoms with van der Waals surface area (Å²) in [6.07, 6.45) is 8.31. The minimum absolute atomic E-state index is 0.0478. The highest BCUT2D eigenvalue weighted by Gasteiger charge is 2.66. The van der Waals surface area contributed by atoms with Gasteiger partial charge in [-0.1, -0.05) is 54.4 Å². The molecule has 3 fully saturated rings. The molecule has 188 valence electrons. The third-order valence-electron chi connectivity index (χ3n) is 11.3. The van der Waals surface area contributed by atoms with Gasteiger partial charge in [-0.15, -0.1) is 0 Å². The Morgan fingerprint density at radius 1 is 1.03 bits per heavy atom. The topological polar surface area (TPSA) is 77.8 Å². The van der Waals surface area contributed by atoms with Crippen molar-refractivity contribution in [3.63, 3.8) is 0 Å². The molecule has 10 unspecified atom stereocenters. The summed E-state index contributed by atoms with van der Waals surface area (Å²) in [6.45, 7) is 13.8. The second-order valence-corrected chi connectivity index (χ2v) is 13.1. The van der Waals surface area contributed by atoms with Gasteiger partial charge in [0.1, 0.15) is 0 Å². The van der Waals surface area contributed by atoms with Crippen LogP contribution < -0.4 is 0 Å². The first-order chi connectivity index (χ1) is 15.4. The largest absolute Gasteiger partial charge is 0.390 e. The van der Waals surface area contributed by atoms with E-state index in [4.69, 9.17) is 0 Å². The van der Waals surface area contributed by atoms with Crippen LogP contribution >= 0.6 is 0 Å². The van der Waals surface area contributed by atoms with Crippen molar-refractivity contribution in [1.82, 2.24) is 0 Å². The molecule has 4 aliphatic carbocycles. The number of carbonyl (C=O) groups is 1. The highest BCUT2D eigenvalue weighted by atomic mass is 16.3. The van der Waals surface area contributed by atoms with Crippen LogP contribution in [0.3, 0.4) is 0 Å². The van der Waals surface area contributed by atoms with Crippen molar-refractivity contribution in [3.8, 4) is 0 Å². The van der Waals surface area contributed by atoms with Gasteiger partial charge in [-0.3, -0.25) is 4.79 Å². The Labute approximate surface area is 201 Å². The van der Waals surface area contributed by atoms with Gasteiger partial charge in [-0.05, 0) is 91.6 Å². The molecule has 0 spiro atoms. The van der Waals surface area contributed by atoms with Gasteiger partial charge in [0.2, 0.25) is 0 Å². The molecule has 0 amide bonds. The number of hydrogen-bond donors (Lipinski definition) is 3. The Balaban J connectivity index is 1.60. The van der Waals surface area contributed by atoms with Gasteiger partial charge < -0.3 is 15.3 Å². The number of ketones is 1. The maximum atomic E-state index is 13.3. The lowest BCUT2D eigenvalue weighted by molar-refractivity contribution is -0.153. The Hall–Kier alpha value is -0.710. The molecule has 4 rings (SSSR count). The second-order valence-electron chi connectivity index (χ2n) is 13.1. The number of rotatable bonds is 6. The van der Waals surface area contributed by atoms with Gasteiger partial charge in [0.25, 0.3) is 0 Å². The number of aliphatic hydroxyl groups excluding tert-OH is 2. The van der Waals surface area contributed by atoms with Gasteiger partial charge in [-0.25, -0.2) is 0 Å². The quantitative estimate of drug-likeness (QED) is 0.503. The molecule has 0 radical (unpaired) electrons. The van der Waals surface area contributed by atoms with Gasteiger partial charge in [0.05, 0.1) is 17.8 Å². The molecule has 10 atom stereocenters. The molecule has 0 aromatic heterocycles. The number of fused-ring (bicyclic) bond motifs is 5. The van der Waals surface area contributed by atoms with Crippen LogP contribution in [0.5, 0.6) is 0 Å². The van der Waals surface area contributed by atoms with Crippen LogP contribution in [0.25, 0.3) is 0 Å². The predicted octanol–water partition coefficient (Wildman–Crippen LogP) is 5.29. The maximum Gasteiger partial charge on any atom is 0.159 e. The van der Waals surface area contributed by atoms with Gasteiger partial charge in [-0.2, -0.15) is 0 Å². The average Bonchev–Trinajstić information content (AvgIpc) is 3.02. The van der Waals surface area contributed by atoms with E-state index in [0.29, 0.717) is 30.6 Å². The molecule has 0 aromatic carbocycles. The van der Waals surface area contributed by atoms with Crippen LogP contribution in [0.2, 0.25) is 0 Å². The van der Waals surface area contributed by atoms with E-state index in [-0.39, 0.29) is 28.4 Å². The third kappa shape index (κ3) is 3.78. The Bertz CT molecular complexity index is 788. The number of allylic oxidation sites excluding steroid dienone is 1. The Morgan fingerprint density at radius 3 is 2.36 bits per heavy atom. The highest BCUT2D eigenvalue weighted by molar-refractivity contribution is 5.95. The number of aliphatic hydroxyl groups is 3. The smallest absolute Gasteiger partial charge is 0.159 e.